The number of nitriles is 2. The van der Waals surface area contributed by atoms with Crippen molar-refractivity contribution in [3.63, 3.8) is 0 Å². The third-order valence-corrected chi connectivity index (χ3v) is 7.42. The number of ether oxygens (including phenoxy) is 2. The molecule has 0 fully saturated rings. The zero-order valence-corrected chi connectivity index (χ0v) is 19.6. The van der Waals surface area contributed by atoms with Crippen molar-refractivity contribution in [1.29, 1.82) is 10.5 Å². The molecule has 2 aromatic rings. The highest BCUT2D eigenvalue weighted by Crippen LogP contribution is 2.49. The number of methoxy groups -OCH3 is 2. The van der Waals surface area contributed by atoms with Gasteiger partial charge in [0.25, 0.3) is 0 Å². The Labute approximate surface area is 199 Å². The molecule has 11 heteroatoms. The summed E-state index contributed by atoms with van der Waals surface area (Å²) < 4.78 is 11.6. The minimum absolute atomic E-state index is 0.0417. The van der Waals surface area contributed by atoms with Crippen molar-refractivity contribution < 1.29 is 14.3 Å². The third kappa shape index (κ3) is 4.01. The predicted molar refractivity (Wildman–Crippen MR) is 124 cm³/mol. The van der Waals surface area contributed by atoms with Gasteiger partial charge in [0.1, 0.15) is 17.3 Å². The van der Waals surface area contributed by atoms with Gasteiger partial charge >= 0.3 is 0 Å². The molecule has 1 atom stereocenters. The van der Waals surface area contributed by atoms with Crippen LogP contribution in [-0.4, -0.2) is 36.0 Å². The molecule has 0 spiro atoms. The van der Waals surface area contributed by atoms with E-state index in [9.17, 15) is 10.1 Å². The molecule has 1 aliphatic carbocycles. The fourth-order valence-corrected chi connectivity index (χ4v) is 5.67. The number of nitrogens with zero attached hydrogens (tertiary/aromatic N) is 5. The predicted octanol–water partition coefficient (Wildman–Crippen LogP) is 3.48. The minimum Gasteiger partial charge on any atom is -0.497 e. The monoisotopic (exact) mass is 480 g/mol. The summed E-state index contributed by atoms with van der Waals surface area (Å²) in [5.74, 6) is 0.838. The fraction of sp³-hybridized carbons (Fsp3) is 0.318. The Morgan fingerprint density at radius 1 is 1.27 bits per heavy atom. The number of nitrogens with two attached hydrogens (primary N) is 1. The number of hydrogen-bond acceptors (Lipinski definition) is 11. The quantitative estimate of drug-likeness (QED) is 0.611. The number of ketones is 1. The average Bonchev–Trinajstić information content (AvgIpc) is 3.30. The Morgan fingerprint density at radius 2 is 2.09 bits per heavy atom. The first-order valence-electron chi connectivity index (χ1n) is 10.0. The lowest BCUT2D eigenvalue weighted by atomic mass is 9.75. The summed E-state index contributed by atoms with van der Waals surface area (Å²) in [4.78, 5) is 14.9. The fourth-order valence-electron chi connectivity index (χ4n) is 4.13. The van der Waals surface area contributed by atoms with Crippen LogP contribution in [0.5, 0.6) is 11.5 Å². The summed E-state index contributed by atoms with van der Waals surface area (Å²) in [6.45, 7) is 0. The topological polar surface area (TPSA) is 138 Å². The molecule has 1 aromatic carbocycles. The van der Waals surface area contributed by atoms with Gasteiger partial charge in [-0.2, -0.15) is 10.5 Å². The molecule has 0 bridgehead atoms. The van der Waals surface area contributed by atoms with Crippen LogP contribution in [0, 0.1) is 22.7 Å². The molecule has 2 heterocycles. The number of aromatic nitrogens is 2. The lowest BCUT2D eigenvalue weighted by Crippen LogP contribution is -2.38. The van der Waals surface area contributed by atoms with Crippen molar-refractivity contribution >= 4 is 34.0 Å². The third-order valence-electron chi connectivity index (χ3n) is 5.51. The number of benzene rings is 1. The van der Waals surface area contributed by atoms with E-state index in [-0.39, 0.29) is 22.9 Å². The summed E-state index contributed by atoms with van der Waals surface area (Å²) in [7, 11) is 3.09. The lowest BCUT2D eigenvalue weighted by Gasteiger charge is -2.38. The van der Waals surface area contributed by atoms with Crippen LogP contribution in [0.25, 0.3) is 0 Å². The Morgan fingerprint density at radius 3 is 2.79 bits per heavy atom. The number of rotatable bonds is 6. The van der Waals surface area contributed by atoms with E-state index in [0.717, 1.165) is 0 Å². The number of hydrogen-bond donors (Lipinski definition) is 1. The number of anilines is 1. The van der Waals surface area contributed by atoms with E-state index in [4.69, 9.17) is 20.5 Å². The second kappa shape index (κ2) is 9.53. The summed E-state index contributed by atoms with van der Waals surface area (Å²) in [5, 5.41) is 27.8. The zero-order valence-electron chi connectivity index (χ0n) is 18.0. The summed E-state index contributed by atoms with van der Waals surface area (Å²) in [6, 6.07) is 9.57. The van der Waals surface area contributed by atoms with Crippen LogP contribution in [0.2, 0.25) is 0 Å². The molecule has 1 aromatic heterocycles. The van der Waals surface area contributed by atoms with Gasteiger partial charge in [-0.1, -0.05) is 23.1 Å². The number of thioether (sulfide) groups is 1. The van der Waals surface area contributed by atoms with Crippen molar-refractivity contribution in [3.8, 4) is 23.6 Å². The van der Waals surface area contributed by atoms with Crippen LogP contribution in [0.1, 0.15) is 30.7 Å². The lowest BCUT2D eigenvalue weighted by molar-refractivity contribution is -0.116. The molecular weight excluding hydrogens is 460 g/mol. The van der Waals surface area contributed by atoms with Gasteiger partial charge in [0.05, 0.1) is 43.6 Å². The van der Waals surface area contributed by atoms with Crippen molar-refractivity contribution in [2.24, 2.45) is 5.73 Å². The molecular formula is C22H20N6O3S2. The number of allylic oxidation sites excluding steroid dienone is 3. The van der Waals surface area contributed by atoms with E-state index in [2.05, 4.69) is 22.3 Å². The molecule has 0 saturated carbocycles. The van der Waals surface area contributed by atoms with Crippen LogP contribution < -0.4 is 20.1 Å². The van der Waals surface area contributed by atoms with E-state index in [1.54, 1.807) is 37.3 Å². The zero-order chi connectivity index (χ0) is 23.5. The van der Waals surface area contributed by atoms with Crippen LogP contribution >= 0.6 is 23.1 Å². The maximum atomic E-state index is 13.3. The maximum absolute atomic E-state index is 13.3. The molecule has 1 aliphatic heterocycles. The molecule has 9 nitrogen and oxygen atoms in total. The van der Waals surface area contributed by atoms with Gasteiger partial charge in [-0.15, -0.1) is 10.2 Å². The maximum Gasteiger partial charge on any atom is 0.219 e. The SMILES string of the molecule is COc1ccc(OC)c(C2C(C#N)=C(N)N(c3nnc(SCC#N)s3)C3=C2C(=O)CCC3)c1. The van der Waals surface area contributed by atoms with Gasteiger partial charge in [0.15, 0.2) is 10.1 Å². The van der Waals surface area contributed by atoms with E-state index in [0.29, 0.717) is 57.1 Å². The normalized spacial score (nSPS) is 18.0. The molecule has 0 saturated heterocycles. The first kappa shape index (κ1) is 22.6. The number of carbonyl (C=O) groups excluding carboxylic acids is 1. The van der Waals surface area contributed by atoms with Gasteiger partial charge in [-0.05, 0) is 31.0 Å². The highest BCUT2D eigenvalue weighted by atomic mass is 32.2. The number of Topliss-reactive ketones (excluding diaryl/α,β-unsaturated/α-hetero) is 1. The first-order valence-corrected chi connectivity index (χ1v) is 11.9. The Balaban J connectivity index is 1.92. The van der Waals surface area contributed by atoms with Crippen LogP contribution in [0.4, 0.5) is 5.13 Å². The Hall–Kier alpha value is -3.54. The molecule has 2 aliphatic rings. The van der Waals surface area contributed by atoms with Crippen LogP contribution in [-0.2, 0) is 4.79 Å². The molecule has 2 N–H and O–H groups in total. The average molecular weight is 481 g/mol. The summed E-state index contributed by atoms with van der Waals surface area (Å²) in [5.41, 5.74) is 8.66. The summed E-state index contributed by atoms with van der Waals surface area (Å²) in [6.07, 6.45) is 1.65. The first-order chi connectivity index (χ1) is 16.0. The highest BCUT2D eigenvalue weighted by Gasteiger charge is 2.42. The van der Waals surface area contributed by atoms with Gasteiger partial charge in [0, 0.05) is 23.3 Å². The van der Waals surface area contributed by atoms with Gasteiger partial charge in [-0.25, -0.2) is 0 Å². The van der Waals surface area contributed by atoms with E-state index in [1.807, 2.05) is 0 Å². The molecule has 0 radical (unpaired) electrons. The van der Waals surface area contributed by atoms with Crippen molar-refractivity contribution in [1.82, 2.24) is 10.2 Å². The van der Waals surface area contributed by atoms with E-state index in [1.165, 1.54) is 23.1 Å². The standard InChI is InChI=1S/C22H20N6O3S2/c1-30-12-6-7-17(31-2)13(10-12)18-14(11-24)20(25)28(15-4-3-5-16(29)19(15)18)21-26-27-22(33-21)32-9-8-23/h6-7,10,18H,3-5,9,25H2,1-2H3. The molecule has 4 rings (SSSR count). The largest absolute Gasteiger partial charge is 0.497 e. The number of carbonyl (C=O) groups is 1. The Kier molecular flexibility index (Phi) is 6.54. The minimum atomic E-state index is -0.681. The molecule has 0 amide bonds. The Bertz CT molecular complexity index is 1250. The molecule has 1 unspecified atom stereocenters. The summed E-state index contributed by atoms with van der Waals surface area (Å²) >= 11 is 2.54. The van der Waals surface area contributed by atoms with Crippen molar-refractivity contribution in [2.75, 3.05) is 24.9 Å². The van der Waals surface area contributed by atoms with Gasteiger partial charge < -0.3 is 15.2 Å². The van der Waals surface area contributed by atoms with Crippen molar-refractivity contribution in [3.05, 3.63) is 46.4 Å². The highest BCUT2D eigenvalue weighted by molar-refractivity contribution is 8.01. The van der Waals surface area contributed by atoms with Crippen LogP contribution in [0.15, 0.2) is 45.2 Å². The van der Waals surface area contributed by atoms with Gasteiger partial charge in [0.2, 0.25) is 5.13 Å². The molecule has 168 valence electrons. The van der Waals surface area contributed by atoms with E-state index < -0.39 is 5.92 Å². The molecule has 33 heavy (non-hydrogen) atoms. The second-order valence-corrected chi connectivity index (χ2v) is 9.40. The second-order valence-electron chi connectivity index (χ2n) is 7.22. The van der Waals surface area contributed by atoms with Crippen molar-refractivity contribution in [2.45, 2.75) is 29.5 Å². The van der Waals surface area contributed by atoms with E-state index >= 15 is 0 Å². The smallest absolute Gasteiger partial charge is 0.219 e. The van der Waals surface area contributed by atoms with Gasteiger partial charge in [-0.3, -0.25) is 9.69 Å². The van der Waals surface area contributed by atoms with Crippen LogP contribution in [0.3, 0.4) is 0 Å².